The van der Waals surface area contributed by atoms with E-state index >= 15 is 0 Å². The lowest BCUT2D eigenvalue weighted by molar-refractivity contribution is 0.102. The number of amides is 1. The molecule has 140 valence electrons. The Kier molecular flexibility index (Phi) is 4.89. The molecular formula is C19H22N6OS. The van der Waals surface area contributed by atoms with E-state index in [1.165, 1.54) is 30.6 Å². The molecule has 0 atom stereocenters. The number of fused-ring (bicyclic) bond motifs is 1. The highest BCUT2D eigenvalue weighted by Gasteiger charge is 2.18. The first-order valence-electron chi connectivity index (χ1n) is 9.06. The van der Waals surface area contributed by atoms with Crippen molar-refractivity contribution in [3.63, 3.8) is 0 Å². The van der Waals surface area contributed by atoms with Gasteiger partial charge in [-0.3, -0.25) is 4.79 Å². The number of aromatic nitrogens is 3. The summed E-state index contributed by atoms with van der Waals surface area (Å²) in [5.41, 5.74) is 3.88. The van der Waals surface area contributed by atoms with E-state index in [2.05, 4.69) is 20.2 Å². The Balaban J connectivity index is 1.59. The molecule has 1 aliphatic rings. The second-order valence-corrected chi connectivity index (χ2v) is 7.72. The van der Waals surface area contributed by atoms with E-state index in [-0.39, 0.29) is 5.91 Å². The molecule has 0 bridgehead atoms. The maximum Gasteiger partial charge on any atom is 0.255 e. The standard InChI is InChI=1S/C19H22N6OS/c1-24(2)17-15(11-20-19(23-17)25-8-4-3-5-9-25)22-18(26)13-6-7-14-16(10-13)27-12-21-14/h6-7,10-12H,3-5,8-9H2,1-2H3,(H,22,26). The van der Waals surface area contributed by atoms with E-state index in [4.69, 9.17) is 4.98 Å². The monoisotopic (exact) mass is 382 g/mol. The normalized spacial score (nSPS) is 14.4. The van der Waals surface area contributed by atoms with E-state index in [9.17, 15) is 4.79 Å². The molecule has 2 aromatic heterocycles. The molecule has 7 nitrogen and oxygen atoms in total. The fourth-order valence-electron chi connectivity index (χ4n) is 3.23. The van der Waals surface area contributed by atoms with Gasteiger partial charge in [0, 0.05) is 32.7 Å². The van der Waals surface area contributed by atoms with Gasteiger partial charge in [-0.2, -0.15) is 4.98 Å². The first-order chi connectivity index (χ1) is 13.1. The van der Waals surface area contributed by atoms with Crippen LogP contribution in [0.1, 0.15) is 29.6 Å². The molecule has 0 spiro atoms. The molecule has 0 aliphatic carbocycles. The van der Waals surface area contributed by atoms with Crippen LogP contribution in [0.3, 0.4) is 0 Å². The quantitative estimate of drug-likeness (QED) is 0.745. The molecule has 1 aliphatic heterocycles. The summed E-state index contributed by atoms with van der Waals surface area (Å²) < 4.78 is 0.993. The Bertz CT molecular complexity index is 964. The number of piperidine rings is 1. The molecule has 3 aromatic rings. The van der Waals surface area contributed by atoms with Crippen LogP contribution in [0.25, 0.3) is 10.2 Å². The largest absolute Gasteiger partial charge is 0.361 e. The lowest BCUT2D eigenvalue weighted by Gasteiger charge is -2.28. The number of carbonyl (C=O) groups is 1. The van der Waals surface area contributed by atoms with Gasteiger partial charge in [-0.15, -0.1) is 11.3 Å². The average molecular weight is 382 g/mol. The molecule has 27 heavy (non-hydrogen) atoms. The van der Waals surface area contributed by atoms with Crippen LogP contribution in [0.5, 0.6) is 0 Å². The number of hydrogen-bond donors (Lipinski definition) is 1. The van der Waals surface area contributed by atoms with E-state index in [0.29, 0.717) is 17.1 Å². The first kappa shape index (κ1) is 17.7. The van der Waals surface area contributed by atoms with Crippen molar-refractivity contribution in [2.75, 3.05) is 42.3 Å². The van der Waals surface area contributed by atoms with Crippen LogP contribution in [0.15, 0.2) is 29.9 Å². The van der Waals surface area contributed by atoms with Gasteiger partial charge < -0.3 is 15.1 Å². The molecule has 0 unspecified atom stereocenters. The minimum Gasteiger partial charge on any atom is -0.361 e. The maximum absolute atomic E-state index is 12.7. The summed E-state index contributed by atoms with van der Waals surface area (Å²) >= 11 is 1.52. The van der Waals surface area contributed by atoms with Gasteiger partial charge in [0.2, 0.25) is 5.95 Å². The van der Waals surface area contributed by atoms with Crippen molar-refractivity contribution in [3.8, 4) is 0 Å². The van der Waals surface area contributed by atoms with Crippen molar-refractivity contribution in [2.45, 2.75) is 19.3 Å². The Labute approximate surface area is 162 Å². The van der Waals surface area contributed by atoms with E-state index in [1.54, 1.807) is 17.8 Å². The third-order valence-electron chi connectivity index (χ3n) is 4.66. The Morgan fingerprint density at radius 2 is 2.00 bits per heavy atom. The molecule has 0 radical (unpaired) electrons. The first-order valence-corrected chi connectivity index (χ1v) is 9.94. The van der Waals surface area contributed by atoms with Crippen LogP contribution in [-0.4, -0.2) is 48.0 Å². The summed E-state index contributed by atoms with van der Waals surface area (Å²) in [6.07, 6.45) is 5.29. The van der Waals surface area contributed by atoms with Crippen LogP contribution < -0.4 is 15.1 Å². The number of anilines is 3. The number of hydrogen-bond acceptors (Lipinski definition) is 7. The van der Waals surface area contributed by atoms with E-state index in [0.717, 1.165) is 29.3 Å². The summed E-state index contributed by atoms with van der Waals surface area (Å²) in [6.45, 7) is 1.96. The molecule has 0 saturated carbocycles. The van der Waals surface area contributed by atoms with Crippen LogP contribution in [-0.2, 0) is 0 Å². The Hall–Kier alpha value is -2.74. The molecule has 1 aromatic carbocycles. The summed E-state index contributed by atoms with van der Waals surface area (Å²) in [6, 6.07) is 5.51. The minimum atomic E-state index is -0.178. The number of carbonyl (C=O) groups excluding carboxylic acids is 1. The predicted molar refractivity (Wildman–Crippen MR) is 110 cm³/mol. The highest BCUT2D eigenvalue weighted by molar-refractivity contribution is 7.16. The number of nitrogens with one attached hydrogen (secondary N) is 1. The number of benzene rings is 1. The van der Waals surface area contributed by atoms with Gasteiger partial charge in [-0.1, -0.05) is 0 Å². The van der Waals surface area contributed by atoms with Gasteiger partial charge in [-0.05, 0) is 37.5 Å². The van der Waals surface area contributed by atoms with E-state index < -0.39 is 0 Å². The third kappa shape index (κ3) is 3.71. The van der Waals surface area contributed by atoms with Crippen LogP contribution >= 0.6 is 11.3 Å². The van der Waals surface area contributed by atoms with Gasteiger partial charge in [-0.25, -0.2) is 9.97 Å². The number of rotatable bonds is 4. The number of thiazole rings is 1. The molecule has 1 amide bonds. The summed E-state index contributed by atoms with van der Waals surface area (Å²) in [7, 11) is 3.84. The fourth-order valence-corrected chi connectivity index (χ4v) is 3.95. The smallest absolute Gasteiger partial charge is 0.255 e. The molecule has 3 heterocycles. The van der Waals surface area contributed by atoms with Crippen molar-refractivity contribution in [2.24, 2.45) is 0 Å². The van der Waals surface area contributed by atoms with Crippen LogP contribution in [0.4, 0.5) is 17.5 Å². The van der Waals surface area contributed by atoms with Crippen molar-refractivity contribution in [1.82, 2.24) is 15.0 Å². The maximum atomic E-state index is 12.7. The second kappa shape index (κ2) is 7.48. The zero-order valence-corrected chi connectivity index (χ0v) is 16.3. The van der Waals surface area contributed by atoms with Crippen molar-refractivity contribution in [3.05, 3.63) is 35.5 Å². The Morgan fingerprint density at radius 3 is 2.78 bits per heavy atom. The summed E-state index contributed by atoms with van der Waals surface area (Å²) in [5, 5.41) is 2.96. The Morgan fingerprint density at radius 1 is 1.19 bits per heavy atom. The summed E-state index contributed by atoms with van der Waals surface area (Å²) in [4.78, 5) is 30.3. The zero-order chi connectivity index (χ0) is 18.8. The van der Waals surface area contributed by atoms with Gasteiger partial charge in [0.1, 0.15) is 5.69 Å². The highest BCUT2D eigenvalue weighted by Crippen LogP contribution is 2.26. The van der Waals surface area contributed by atoms with Crippen LogP contribution in [0.2, 0.25) is 0 Å². The predicted octanol–water partition coefficient (Wildman–Crippen LogP) is 3.39. The second-order valence-electron chi connectivity index (χ2n) is 6.84. The lowest BCUT2D eigenvalue weighted by atomic mass is 10.1. The fraction of sp³-hybridized carbons (Fsp3) is 0.368. The van der Waals surface area contributed by atoms with Crippen LogP contribution in [0, 0.1) is 0 Å². The molecule has 4 rings (SSSR count). The zero-order valence-electron chi connectivity index (χ0n) is 15.5. The average Bonchev–Trinajstić information content (AvgIpc) is 3.16. The highest BCUT2D eigenvalue weighted by atomic mass is 32.1. The summed E-state index contributed by atoms with van der Waals surface area (Å²) in [5.74, 6) is 1.25. The molecular weight excluding hydrogens is 360 g/mol. The molecule has 1 fully saturated rings. The van der Waals surface area contributed by atoms with Crippen molar-refractivity contribution < 1.29 is 4.79 Å². The lowest BCUT2D eigenvalue weighted by Crippen LogP contribution is -2.31. The molecule has 1 N–H and O–H groups in total. The topological polar surface area (TPSA) is 74.2 Å². The van der Waals surface area contributed by atoms with Crippen molar-refractivity contribution in [1.29, 1.82) is 0 Å². The van der Waals surface area contributed by atoms with Gasteiger partial charge in [0.05, 0.1) is 21.9 Å². The molecule has 8 heteroatoms. The number of nitrogens with zero attached hydrogens (tertiary/aromatic N) is 5. The van der Waals surface area contributed by atoms with E-state index in [1.807, 2.05) is 31.1 Å². The third-order valence-corrected chi connectivity index (χ3v) is 5.45. The SMILES string of the molecule is CN(C)c1nc(N2CCCCC2)ncc1NC(=O)c1ccc2ncsc2c1. The van der Waals surface area contributed by atoms with Gasteiger partial charge in [0.25, 0.3) is 5.91 Å². The van der Waals surface area contributed by atoms with Gasteiger partial charge in [0.15, 0.2) is 5.82 Å². The molecule has 1 saturated heterocycles. The van der Waals surface area contributed by atoms with Gasteiger partial charge >= 0.3 is 0 Å². The minimum absolute atomic E-state index is 0.178. The van der Waals surface area contributed by atoms with Crippen molar-refractivity contribution >= 4 is 44.9 Å².